The van der Waals surface area contributed by atoms with Gasteiger partial charge in [0, 0.05) is 11.8 Å². The first kappa shape index (κ1) is 12.4. The van der Waals surface area contributed by atoms with Crippen LogP contribution >= 0.6 is 11.6 Å². The van der Waals surface area contributed by atoms with Crippen LogP contribution < -0.4 is 5.32 Å². The van der Waals surface area contributed by atoms with Gasteiger partial charge in [-0.1, -0.05) is 30.5 Å². The number of imide groups is 1. The highest BCUT2D eigenvalue weighted by molar-refractivity contribution is 6.30. The van der Waals surface area contributed by atoms with Crippen LogP contribution in [0.4, 0.5) is 4.79 Å². The quantitative estimate of drug-likeness (QED) is 0.666. The molecular weight excluding hydrogens is 266 g/mol. The minimum Gasteiger partial charge on any atom is -0.323 e. The van der Waals surface area contributed by atoms with Gasteiger partial charge in [-0.15, -0.1) is 0 Å². The Labute approximate surface area is 115 Å². The van der Waals surface area contributed by atoms with Crippen molar-refractivity contribution >= 4 is 23.5 Å². The van der Waals surface area contributed by atoms with Gasteiger partial charge in [-0.05, 0) is 18.9 Å². The van der Waals surface area contributed by atoms with Crippen LogP contribution in [0.15, 0.2) is 18.3 Å². The maximum atomic E-state index is 12.4. The van der Waals surface area contributed by atoms with E-state index in [1.165, 1.54) is 4.90 Å². The molecule has 0 aromatic carbocycles. The third-order valence-electron chi connectivity index (χ3n) is 3.87. The number of hydrogen-bond acceptors (Lipinski definition) is 3. The number of hydrogen-bond donors (Lipinski definition) is 1. The lowest BCUT2D eigenvalue weighted by Crippen LogP contribution is -2.44. The van der Waals surface area contributed by atoms with Crippen molar-refractivity contribution < 1.29 is 9.59 Å². The lowest BCUT2D eigenvalue weighted by molar-refractivity contribution is -0.131. The predicted octanol–water partition coefficient (Wildman–Crippen LogP) is 2.10. The number of nitrogens with zero attached hydrogens (tertiary/aromatic N) is 2. The highest BCUT2D eigenvalue weighted by atomic mass is 35.5. The van der Waals surface area contributed by atoms with Gasteiger partial charge in [0.1, 0.15) is 10.7 Å². The van der Waals surface area contributed by atoms with Crippen molar-refractivity contribution in [3.63, 3.8) is 0 Å². The molecule has 6 heteroatoms. The first-order valence-corrected chi connectivity index (χ1v) is 6.74. The molecular formula is C13H14ClN3O2. The fraction of sp³-hybridized carbons (Fsp3) is 0.462. The normalized spacial score (nSPS) is 21.2. The molecule has 1 N–H and O–H groups in total. The van der Waals surface area contributed by atoms with Crippen molar-refractivity contribution in [1.82, 2.24) is 15.2 Å². The van der Waals surface area contributed by atoms with E-state index >= 15 is 0 Å². The lowest BCUT2D eigenvalue weighted by Gasteiger charge is -2.20. The second-order valence-corrected chi connectivity index (χ2v) is 5.42. The van der Waals surface area contributed by atoms with Crippen LogP contribution in [0.5, 0.6) is 0 Å². The van der Waals surface area contributed by atoms with Crippen molar-refractivity contribution in [2.75, 3.05) is 0 Å². The lowest BCUT2D eigenvalue weighted by atomic mass is 9.98. The molecule has 0 bridgehead atoms. The number of amides is 3. The van der Waals surface area contributed by atoms with Crippen molar-refractivity contribution in [1.29, 1.82) is 0 Å². The number of carbonyl (C=O) groups is 2. The van der Waals surface area contributed by atoms with Gasteiger partial charge in [0.05, 0.1) is 6.54 Å². The molecule has 0 radical (unpaired) electrons. The first-order valence-electron chi connectivity index (χ1n) is 6.36. The van der Waals surface area contributed by atoms with Gasteiger partial charge in [0.25, 0.3) is 5.91 Å². The van der Waals surface area contributed by atoms with E-state index in [0.717, 1.165) is 25.7 Å². The molecule has 1 saturated carbocycles. The molecule has 2 fully saturated rings. The maximum Gasteiger partial charge on any atom is 0.325 e. The van der Waals surface area contributed by atoms with Crippen molar-refractivity contribution in [2.24, 2.45) is 0 Å². The molecule has 3 amide bonds. The van der Waals surface area contributed by atoms with Crippen LogP contribution in [-0.2, 0) is 11.3 Å². The number of aromatic nitrogens is 1. The fourth-order valence-corrected chi connectivity index (χ4v) is 3.02. The third-order valence-corrected chi connectivity index (χ3v) is 4.21. The molecule has 2 aliphatic rings. The van der Waals surface area contributed by atoms with E-state index in [1.54, 1.807) is 18.3 Å². The van der Waals surface area contributed by atoms with Gasteiger partial charge in [-0.2, -0.15) is 0 Å². The SMILES string of the molecule is O=C1NC2(CCCC2)C(=O)N1Cc1cccnc1Cl. The Kier molecular flexibility index (Phi) is 2.93. The minimum absolute atomic E-state index is 0.130. The summed E-state index contributed by atoms with van der Waals surface area (Å²) in [5, 5.41) is 3.17. The molecule has 5 nitrogen and oxygen atoms in total. The highest BCUT2D eigenvalue weighted by Crippen LogP contribution is 2.35. The standard InChI is InChI=1S/C13H14ClN3O2/c14-10-9(4-3-7-15-10)8-17-11(18)13(16-12(17)19)5-1-2-6-13/h3-4,7H,1-2,5-6,8H2,(H,16,19). The van der Waals surface area contributed by atoms with Crippen LogP contribution in [0.25, 0.3) is 0 Å². The maximum absolute atomic E-state index is 12.4. The molecule has 1 aliphatic heterocycles. The Morgan fingerprint density at radius 2 is 2.11 bits per heavy atom. The van der Waals surface area contributed by atoms with E-state index in [-0.39, 0.29) is 18.5 Å². The van der Waals surface area contributed by atoms with E-state index < -0.39 is 5.54 Å². The van der Waals surface area contributed by atoms with E-state index in [9.17, 15) is 9.59 Å². The van der Waals surface area contributed by atoms with Crippen LogP contribution in [0.3, 0.4) is 0 Å². The molecule has 1 aromatic rings. The Balaban J connectivity index is 1.84. The number of pyridine rings is 1. The summed E-state index contributed by atoms with van der Waals surface area (Å²) in [7, 11) is 0. The number of nitrogens with one attached hydrogen (secondary N) is 1. The Morgan fingerprint density at radius 1 is 1.37 bits per heavy atom. The van der Waals surface area contributed by atoms with Crippen molar-refractivity contribution in [3.05, 3.63) is 29.0 Å². The predicted molar refractivity (Wildman–Crippen MR) is 69.5 cm³/mol. The van der Waals surface area contributed by atoms with Crippen LogP contribution in [0, 0.1) is 0 Å². The molecule has 1 saturated heterocycles. The zero-order chi connectivity index (χ0) is 13.5. The van der Waals surface area contributed by atoms with Crippen molar-refractivity contribution in [3.8, 4) is 0 Å². The average molecular weight is 280 g/mol. The van der Waals surface area contributed by atoms with Gasteiger partial charge < -0.3 is 5.32 Å². The van der Waals surface area contributed by atoms with Crippen molar-refractivity contribution in [2.45, 2.75) is 37.8 Å². The summed E-state index contributed by atoms with van der Waals surface area (Å²) in [6.07, 6.45) is 5.00. The third kappa shape index (κ3) is 1.98. The zero-order valence-corrected chi connectivity index (χ0v) is 11.1. The van der Waals surface area contributed by atoms with E-state index in [2.05, 4.69) is 10.3 Å². The number of halogens is 1. The fourth-order valence-electron chi connectivity index (χ4n) is 2.84. The summed E-state index contributed by atoms with van der Waals surface area (Å²) in [5.74, 6) is -0.130. The summed E-state index contributed by atoms with van der Waals surface area (Å²) in [6.45, 7) is 0.180. The van der Waals surface area contributed by atoms with Gasteiger partial charge >= 0.3 is 6.03 Å². The summed E-state index contributed by atoms with van der Waals surface area (Å²) in [4.78, 5) is 29.6. The Bertz CT molecular complexity index is 540. The molecule has 0 unspecified atom stereocenters. The monoisotopic (exact) mass is 279 g/mol. The van der Waals surface area contributed by atoms with Crippen LogP contribution in [-0.4, -0.2) is 27.4 Å². The topological polar surface area (TPSA) is 62.3 Å². The number of urea groups is 1. The number of carbonyl (C=O) groups excluding carboxylic acids is 2. The summed E-state index contributed by atoms with van der Waals surface area (Å²) >= 11 is 5.97. The van der Waals surface area contributed by atoms with Gasteiger partial charge in [0.15, 0.2) is 0 Å². The molecule has 100 valence electrons. The Hall–Kier alpha value is -1.62. The van der Waals surface area contributed by atoms with Gasteiger partial charge in [-0.25, -0.2) is 9.78 Å². The van der Waals surface area contributed by atoms with E-state index in [0.29, 0.717) is 10.7 Å². The summed E-state index contributed by atoms with van der Waals surface area (Å²) in [5.41, 5.74) is 0.0221. The largest absolute Gasteiger partial charge is 0.325 e. The molecule has 19 heavy (non-hydrogen) atoms. The van der Waals surface area contributed by atoms with Crippen LogP contribution in [0.1, 0.15) is 31.2 Å². The smallest absolute Gasteiger partial charge is 0.323 e. The summed E-state index contributed by atoms with van der Waals surface area (Å²) < 4.78 is 0. The summed E-state index contributed by atoms with van der Waals surface area (Å²) in [6, 6.07) is 3.19. The number of rotatable bonds is 2. The first-order chi connectivity index (χ1) is 9.12. The zero-order valence-electron chi connectivity index (χ0n) is 10.4. The average Bonchev–Trinajstić information content (AvgIpc) is 2.94. The molecule has 1 spiro atoms. The molecule has 1 aliphatic carbocycles. The van der Waals surface area contributed by atoms with E-state index in [4.69, 9.17) is 11.6 Å². The minimum atomic E-state index is -0.661. The molecule has 2 heterocycles. The second kappa shape index (κ2) is 4.49. The highest BCUT2D eigenvalue weighted by Gasteiger charge is 2.52. The van der Waals surface area contributed by atoms with Gasteiger partial charge in [0.2, 0.25) is 0 Å². The van der Waals surface area contributed by atoms with E-state index in [1.807, 2.05) is 0 Å². The second-order valence-electron chi connectivity index (χ2n) is 5.06. The molecule has 1 aromatic heterocycles. The molecule has 0 atom stereocenters. The van der Waals surface area contributed by atoms with Gasteiger partial charge in [-0.3, -0.25) is 9.69 Å². The molecule has 3 rings (SSSR count). The Morgan fingerprint density at radius 3 is 2.79 bits per heavy atom. The van der Waals surface area contributed by atoms with Crippen LogP contribution in [0.2, 0.25) is 5.15 Å².